The van der Waals surface area contributed by atoms with Crippen molar-refractivity contribution in [2.24, 2.45) is 7.05 Å². The topological polar surface area (TPSA) is 29.9 Å². The molecule has 0 saturated heterocycles. The van der Waals surface area contributed by atoms with Crippen LogP contribution in [0.15, 0.2) is 35.4 Å². The van der Waals surface area contributed by atoms with E-state index in [-0.39, 0.29) is 6.04 Å². The van der Waals surface area contributed by atoms with Crippen molar-refractivity contribution < 1.29 is 0 Å². The normalized spacial score (nSPS) is 12.6. The molecule has 2 aromatic rings. The molecule has 1 N–H and O–H groups in total. The van der Waals surface area contributed by atoms with E-state index in [9.17, 15) is 0 Å². The van der Waals surface area contributed by atoms with E-state index in [1.165, 1.54) is 10.5 Å². The van der Waals surface area contributed by atoms with Gasteiger partial charge in [0.1, 0.15) is 0 Å². The Hall–Kier alpha value is -0.970. The van der Waals surface area contributed by atoms with Gasteiger partial charge in [-0.25, -0.2) is 0 Å². The van der Waals surface area contributed by atoms with Crippen molar-refractivity contribution in [3.63, 3.8) is 0 Å². The minimum atomic E-state index is 0.0636. The van der Waals surface area contributed by atoms with Crippen LogP contribution in [0.25, 0.3) is 0 Å². The monoisotopic (exact) mass is 295 g/mol. The summed E-state index contributed by atoms with van der Waals surface area (Å²) in [5.41, 5.74) is 2.24. The van der Waals surface area contributed by atoms with E-state index < -0.39 is 0 Å². The lowest BCUT2D eigenvalue weighted by atomic mass is 10.0. The van der Waals surface area contributed by atoms with Crippen molar-refractivity contribution in [2.45, 2.75) is 17.9 Å². The number of hydrogen-bond donors (Lipinski definition) is 1. The van der Waals surface area contributed by atoms with Crippen LogP contribution in [0.3, 0.4) is 0 Å². The molecule has 1 aromatic carbocycles. The largest absolute Gasteiger partial charge is 0.305 e. The van der Waals surface area contributed by atoms with Crippen LogP contribution in [-0.4, -0.2) is 22.6 Å². The second kappa shape index (κ2) is 6.46. The SMILES string of the molecule is CCNC(c1ccccc1SC)c1c(Cl)cnn1C. The molecule has 0 spiro atoms. The van der Waals surface area contributed by atoms with Gasteiger partial charge < -0.3 is 5.32 Å². The molecule has 1 atom stereocenters. The summed E-state index contributed by atoms with van der Waals surface area (Å²) in [6.07, 6.45) is 3.79. The lowest BCUT2D eigenvalue weighted by molar-refractivity contribution is 0.567. The number of nitrogens with zero attached hydrogens (tertiary/aromatic N) is 2. The lowest BCUT2D eigenvalue weighted by Crippen LogP contribution is -2.25. The molecule has 0 fully saturated rings. The van der Waals surface area contributed by atoms with Gasteiger partial charge in [-0.1, -0.05) is 36.7 Å². The van der Waals surface area contributed by atoms with Gasteiger partial charge in [0.05, 0.1) is 23.0 Å². The number of rotatable bonds is 5. The number of thioether (sulfide) groups is 1. The predicted octanol–water partition coefficient (Wildman–Crippen LogP) is 3.49. The highest BCUT2D eigenvalue weighted by Crippen LogP contribution is 2.33. The molecule has 0 aliphatic carbocycles. The third-order valence-corrected chi connectivity index (χ3v) is 4.17. The Bertz CT molecular complexity index is 534. The summed E-state index contributed by atoms with van der Waals surface area (Å²) in [6, 6.07) is 8.46. The van der Waals surface area contributed by atoms with E-state index in [1.54, 1.807) is 18.0 Å². The smallest absolute Gasteiger partial charge is 0.0837 e. The van der Waals surface area contributed by atoms with Gasteiger partial charge in [0.2, 0.25) is 0 Å². The maximum atomic E-state index is 6.29. The first kappa shape index (κ1) is 14.4. The highest BCUT2D eigenvalue weighted by molar-refractivity contribution is 7.98. The molecule has 0 amide bonds. The van der Waals surface area contributed by atoms with E-state index in [2.05, 4.69) is 47.9 Å². The standard InChI is InChI=1S/C14H18ClN3S/c1-4-16-13(14-11(15)9-17-18(14)2)10-7-5-6-8-12(10)19-3/h5-9,13,16H,4H2,1-3H3. The number of aryl methyl sites for hydroxylation is 1. The highest BCUT2D eigenvalue weighted by atomic mass is 35.5. The molecule has 19 heavy (non-hydrogen) atoms. The predicted molar refractivity (Wildman–Crippen MR) is 82.0 cm³/mol. The molecule has 0 bridgehead atoms. The average molecular weight is 296 g/mol. The number of benzene rings is 1. The molecule has 102 valence electrons. The Morgan fingerprint density at radius 1 is 1.42 bits per heavy atom. The quantitative estimate of drug-likeness (QED) is 0.856. The summed E-state index contributed by atoms with van der Waals surface area (Å²) in [4.78, 5) is 1.26. The van der Waals surface area contributed by atoms with Gasteiger partial charge in [0.15, 0.2) is 0 Å². The summed E-state index contributed by atoms with van der Waals surface area (Å²) < 4.78 is 1.84. The van der Waals surface area contributed by atoms with Crippen LogP contribution in [0.2, 0.25) is 5.02 Å². The minimum Gasteiger partial charge on any atom is -0.305 e. The van der Waals surface area contributed by atoms with Crippen molar-refractivity contribution in [2.75, 3.05) is 12.8 Å². The number of aromatic nitrogens is 2. The number of hydrogen-bond acceptors (Lipinski definition) is 3. The second-order valence-electron chi connectivity index (χ2n) is 4.23. The van der Waals surface area contributed by atoms with E-state index in [4.69, 9.17) is 11.6 Å². The summed E-state index contributed by atoms with van der Waals surface area (Å²) in [5.74, 6) is 0. The van der Waals surface area contributed by atoms with Crippen molar-refractivity contribution in [3.8, 4) is 0 Å². The fourth-order valence-electron chi connectivity index (χ4n) is 2.21. The van der Waals surface area contributed by atoms with Gasteiger partial charge in [-0.15, -0.1) is 11.8 Å². The fourth-order valence-corrected chi connectivity index (χ4v) is 3.12. The number of nitrogens with one attached hydrogen (secondary N) is 1. The maximum Gasteiger partial charge on any atom is 0.0837 e. The summed E-state index contributed by atoms with van der Waals surface area (Å²) in [5, 5.41) is 8.44. The second-order valence-corrected chi connectivity index (χ2v) is 5.49. The molecule has 3 nitrogen and oxygen atoms in total. The zero-order valence-electron chi connectivity index (χ0n) is 11.4. The number of halogens is 1. The summed E-state index contributed by atoms with van der Waals surface area (Å²) >= 11 is 8.04. The Labute approximate surface area is 123 Å². The Morgan fingerprint density at radius 2 is 2.16 bits per heavy atom. The Kier molecular flexibility index (Phi) is 4.91. The summed E-state index contributed by atoms with van der Waals surface area (Å²) in [6.45, 7) is 2.97. The third-order valence-electron chi connectivity index (χ3n) is 3.07. The zero-order chi connectivity index (χ0) is 13.8. The van der Waals surface area contributed by atoms with Crippen LogP contribution < -0.4 is 5.32 Å². The van der Waals surface area contributed by atoms with Crippen LogP contribution in [0.5, 0.6) is 0 Å². The zero-order valence-corrected chi connectivity index (χ0v) is 12.9. The first-order valence-electron chi connectivity index (χ1n) is 6.22. The van der Waals surface area contributed by atoms with Crippen molar-refractivity contribution >= 4 is 23.4 Å². The molecular weight excluding hydrogens is 278 g/mol. The van der Waals surface area contributed by atoms with Gasteiger partial charge in [0, 0.05) is 11.9 Å². The molecule has 0 aliphatic rings. The molecule has 1 unspecified atom stereocenters. The van der Waals surface area contributed by atoms with E-state index in [0.717, 1.165) is 12.2 Å². The Morgan fingerprint density at radius 3 is 2.74 bits per heavy atom. The van der Waals surface area contributed by atoms with Crippen molar-refractivity contribution in [1.82, 2.24) is 15.1 Å². The van der Waals surface area contributed by atoms with Gasteiger partial charge in [0.25, 0.3) is 0 Å². The van der Waals surface area contributed by atoms with Crippen molar-refractivity contribution in [3.05, 3.63) is 46.7 Å². The van der Waals surface area contributed by atoms with Crippen LogP contribution in [0.4, 0.5) is 0 Å². The highest BCUT2D eigenvalue weighted by Gasteiger charge is 2.22. The maximum absolute atomic E-state index is 6.29. The van der Waals surface area contributed by atoms with E-state index in [0.29, 0.717) is 5.02 Å². The summed E-state index contributed by atoms with van der Waals surface area (Å²) in [7, 11) is 1.92. The van der Waals surface area contributed by atoms with Crippen LogP contribution in [0.1, 0.15) is 24.2 Å². The van der Waals surface area contributed by atoms with Gasteiger partial charge in [-0.05, 0) is 24.4 Å². The van der Waals surface area contributed by atoms with Crippen LogP contribution in [0, 0.1) is 0 Å². The van der Waals surface area contributed by atoms with E-state index >= 15 is 0 Å². The average Bonchev–Trinajstić information content (AvgIpc) is 2.76. The molecule has 0 radical (unpaired) electrons. The van der Waals surface area contributed by atoms with Crippen LogP contribution in [-0.2, 0) is 7.05 Å². The van der Waals surface area contributed by atoms with Gasteiger partial charge in [-0.3, -0.25) is 4.68 Å². The van der Waals surface area contributed by atoms with Gasteiger partial charge >= 0.3 is 0 Å². The molecule has 0 saturated carbocycles. The fraction of sp³-hybridized carbons (Fsp3) is 0.357. The molecule has 5 heteroatoms. The van der Waals surface area contributed by atoms with E-state index in [1.807, 2.05) is 11.7 Å². The molecule has 0 aliphatic heterocycles. The minimum absolute atomic E-state index is 0.0636. The third kappa shape index (κ3) is 2.96. The Balaban J connectivity index is 2.51. The molecule has 1 aromatic heterocycles. The first-order chi connectivity index (χ1) is 9.19. The van der Waals surface area contributed by atoms with Crippen LogP contribution >= 0.6 is 23.4 Å². The molecule has 2 rings (SSSR count). The lowest BCUT2D eigenvalue weighted by Gasteiger charge is -2.21. The van der Waals surface area contributed by atoms with Gasteiger partial charge in [-0.2, -0.15) is 5.10 Å². The molecular formula is C14H18ClN3S. The first-order valence-corrected chi connectivity index (χ1v) is 7.83. The molecule has 1 heterocycles. The van der Waals surface area contributed by atoms with Crippen molar-refractivity contribution in [1.29, 1.82) is 0 Å².